The SMILES string of the molecule is CC(C)(C)OC(=O)NCCOCCOCCOCCOCCOCCOCCOCCOCCOCCOCCOc1ccc(N)cc1. The molecule has 1 aromatic carbocycles. The number of ether oxygens (including phenoxy) is 12. The molecule has 15 heteroatoms. The molecule has 0 aromatic heterocycles. The third kappa shape index (κ3) is 32.2. The predicted molar refractivity (Wildman–Crippen MR) is 179 cm³/mol. The quantitative estimate of drug-likeness (QED) is 0.0798. The average molecular weight is 693 g/mol. The number of hydrogen-bond acceptors (Lipinski definition) is 14. The van der Waals surface area contributed by atoms with Gasteiger partial charge in [0.1, 0.15) is 18.0 Å². The summed E-state index contributed by atoms with van der Waals surface area (Å²) in [5.41, 5.74) is 5.83. The second-order valence-corrected chi connectivity index (χ2v) is 11.0. The minimum Gasteiger partial charge on any atom is -0.491 e. The third-order valence-corrected chi connectivity index (χ3v) is 5.64. The van der Waals surface area contributed by atoms with Crippen molar-refractivity contribution in [3.8, 4) is 5.75 Å². The largest absolute Gasteiger partial charge is 0.491 e. The Labute approximate surface area is 286 Å². The molecule has 0 aliphatic carbocycles. The van der Waals surface area contributed by atoms with Gasteiger partial charge in [0.15, 0.2) is 0 Å². The molecule has 0 bridgehead atoms. The van der Waals surface area contributed by atoms with E-state index in [1.165, 1.54) is 0 Å². The highest BCUT2D eigenvalue weighted by molar-refractivity contribution is 5.67. The summed E-state index contributed by atoms with van der Waals surface area (Å²) in [6.45, 7) is 15.9. The van der Waals surface area contributed by atoms with Crippen LogP contribution in [0.5, 0.6) is 5.75 Å². The van der Waals surface area contributed by atoms with Crippen LogP contribution in [-0.2, 0) is 52.1 Å². The molecule has 0 radical (unpaired) electrons. The van der Waals surface area contributed by atoms with Gasteiger partial charge >= 0.3 is 6.09 Å². The van der Waals surface area contributed by atoms with Crippen molar-refractivity contribution in [1.29, 1.82) is 0 Å². The number of amides is 1. The molecule has 15 nitrogen and oxygen atoms in total. The molecule has 1 aromatic rings. The lowest BCUT2D eigenvalue weighted by molar-refractivity contribution is -0.0266. The third-order valence-electron chi connectivity index (χ3n) is 5.64. The maximum absolute atomic E-state index is 11.5. The summed E-state index contributed by atoms with van der Waals surface area (Å²) in [6.07, 6.45) is -0.453. The molecule has 1 amide bonds. The van der Waals surface area contributed by atoms with E-state index < -0.39 is 11.7 Å². The van der Waals surface area contributed by atoms with Crippen LogP contribution in [0.4, 0.5) is 10.5 Å². The van der Waals surface area contributed by atoms with E-state index in [0.717, 1.165) is 5.75 Å². The van der Waals surface area contributed by atoms with Crippen LogP contribution in [0.2, 0.25) is 0 Å². The van der Waals surface area contributed by atoms with Crippen molar-refractivity contribution in [3.05, 3.63) is 24.3 Å². The minimum atomic E-state index is -0.513. The lowest BCUT2D eigenvalue weighted by Crippen LogP contribution is -2.34. The lowest BCUT2D eigenvalue weighted by atomic mass is 10.2. The fraction of sp³-hybridized carbons (Fsp3) is 0.788. The number of nitrogens with two attached hydrogens (primary N) is 1. The summed E-state index contributed by atoms with van der Waals surface area (Å²) in [5.74, 6) is 0.768. The fourth-order valence-corrected chi connectivity index (χ4v) is 3.40. The Morgan fingerprint density at radius 1 is 0.500 bits per heavy atom. The van der Waals surface area contributed by atoms with Crippen LogP contribution in [0.25, 0.3) is 0 Å². The number of rotatable bonds is 34. The average Bonchev–Trinajstić information content (AvgIpc) is 3.05. The monoisotopic (exact) mass is 692 g/mol. The number of hydrogen-bond donors (Lipinski definition) is 2. The first-order valence-electron chi connectivity index (χ1n) is 16.6. The fourth-order valence-electron chi connectivity index (χ4n) is 3.40. The highest BCUT2D eigenvalue weighted by Crippen LogP contribution is 2.12. The van der Waals surface area contributed by atoms with E-state index in [4.69, 9.17) is 62.6 Å². The molecule has 0 saturated heterocycles. The van der Waals surface area contributed by atoms with Gasteiger partial charge in [-0.15, -0.1) is 0 Å². The maximum atomic E-state index is 11.5. The first-order valence-corrected chi connectivity index (χ1v) is 16.6. The van der Waals surface area contributed by atoms with Gasteiger partial charge in [-0.3, -0.25) is 0 Å². The number of nitrogens with one attached hydrogen (secondary N) is 1. The van der Waals surface area contributed by atoms with Crippen LogP contribution < -0.4 is 15.8 Å². The summed E-state index contributed by atoms with van der Waals surface area (Å²) in [5, 5.41) is 2.63. The number of carbonyl (C=O) groups excluding carboxylic acids is 1. The van der Waals surface area contributed by atoms with Crippen molar-refractivity contribution in [2.75, 3.05) is 151 Å². The van der Waals surface area contributed by atoms with Crippen molar-refractivity contribution >= 4 is 11.8 Å². The molecule has 0 aliphatic rings. The van der Waals surface area contributed by atoms with E-state index >= 15 is 0 Å². The van der Waals surface area contributed by atoms with Gasteiger partial charge in [-0.1, -0.05) is 0 Å². The highest BCUT2D eigenvalue weighted by Gasteiger charge is 2.15. The molecule has 0 heterocycles. The summed E-state index contributed by atoms with van der Waals surface area (Å²) >= 11 is 0. The summed E-state index contributed by atoms with van der Waals surface area (Å²) < 4.78 is 65.3. The molecule has 3 N–H and O–H groups in total. The Morgan fingerprint density at radius 2 is 0.792 bits per heavy atom. The molecular weight excluding hydrogens is 632 g/mol. The first-order chi connectivity index (χ1) is 23.4. The van der Waals surface area contributed by atoms with Gasteiger partial charge in [-0.25, -0.2) is 4.79 Å². The normalized spacial score (nSPS) is 11.6. The highest BCUT2D eigenvalue weighted by atomic mass is 16.6. The van der Waals surface area contributed by atoms with Crippen LogP contribution in [-0.4, -0.2) is 157 Å². The van der Waals surface area contributed by atoms with Crippen LogP contribution in [0.1, 0.15) is 20.8 Å². The Kier molecular flexibility index (Phi) is 29.1. The van der Waals surface area contributed by atoms with Crippen molar-refractivity contribution in [1.82, 2.24) is 5.32 Å². The van der Waals surface area contributed by atoms with Gasteiger partial charge in [0.2, 0.25) is 0 Å². The lowest BCUT2D eigenvalue weighted by Gasteiger charge is -2.19. The van der Waals surface area contributed by atoms with E-state index in [1.807, 2.05) is 32.9 Å². The Bertz CT molecular complexity index is 844. The number of anilines is 1. The summed E-state index contributed by atoms with van der Waals surface area (Å²) in [6, 6.07) is 7.25. The molecule has 0 saturated carbocycles. The zero-order valence-electron chi connectivity index (χ0n) is 29.3. The number of alkyl carbamates (subject to hydrolysis) is 1. The minimum absolute atomic E-state index is 0.381. The molecule has 0 aliphatic heterocycles. The maximum Gasteiger partial charge on any atom is 0.407 e. The van der Waals surface area contributed by atoms with E-state index in [9.17, 15) is 4.79 Å². The molecule has 0 unspecified atom stereocenters. The van der Waals surface area contributed by atoms with Gasteiger partial charge in [0.25, 0.3) is 0 Å². The van der Waals surface area contributed by atoms with Crippen molar-refractivity contribution in [2.24, 2.45) is 0 Å². The van der Waals surface area contributed by atoms with E-state index in [1.54, 1.807) is 12.1 Å². The number of nitrogen functional groups attached to an aromatic ring is 1. The second kappa shape index (κ2) is 31.9. The van der Waals surface area contributed by atoms with E-state index in [-0.39, 0.29) is 0 Å². The van der Waals surface area contributed by atoms with Gasteiger partial charge in [0, 0.05) is 12.2 Å². The smallest absolute Gasteiger partial charge is 0.407 e. The van der Waals surface area contributed by atoms with Crippen molar-refractivity contribution in [2.45, 2.75) is 26.4 Å². The van der Waals surface area contributed by atoms with E-state index in [0.29, 0.717) is 151 Å². The molecule has 0 atom stereocenters. The summed E-state index contributed by atoms with van der Waals surface area (Å²) in [4.78, 5) is 11.5. The first kappa shape index (κ1) is 43.7. The molecule has 1 rings (SSSR count). The van der Waals surface area contributed by atoms with Crippen LogP contribution in [0.3, 0.4) is 0 Å². The molecule has 48 heavy (non-hydrogen) atoms. The van der Waals surface area contributed by atoms with Gasteiger partial charge in [-0.2, -0.15) is 0 Å². The summed E-state index contributed by atoms with van der Waals surface area (Å²) in [7, 11) is 0. The Balaban J connectivity index is 1.64. The van der Waals surface area contributed by atoms with Crippen LogP contribution in [0.15, 0.2) is 24.3 Å². The van der Waals surface area contributed by atoms with Crippen molar-refractivity contribution < 1.29 is 61.6 Å². The van der Waals surface area contributed by atoms with Crippen LogP contribution >= 0.6 is 0 Å². The topological polar surface area (TPSA) is 166 Å². The van der Waals surface area contributed by atoms with Gasteiger partial charge < -0.3 is 67.9 Å². The molecule has 280 valence electrons. The molecular formula is C33H60N2O13. The molecule has 0 fully saturated rings. The standard InChI is InChI=1S/C33H60N2O13/c1-33(2,3)48-32(36)35-8-9-37-10-11-38-12-13-39-14-15-40-16-17-41-18-19-42-20-21-43-22-23-44-24-25-45-26-27-46-28-29-47-31-6-4-30(34)5-7-31/h4-7H,8-29,34H2,1-3H3,(H,35,36). The number of carbonyl (C=O) groups is 1. The van der Waals surface area contributed by atoms with Gasteiger partial charge in [0.05, 0.1) is 132 Å². The predicted octanol–water partition coefficient (Wildman–Crippen LogP) is 2.34. The van der Waals surface area contributed by atoms with Crippen molar-refractivity contribution in [3.63, 3.8) is 0 Å². The molecule has 0 spiro atoms. The van der Waals surface area contributed by atoms with Gasteiger partial charge in [-0.05, 0) is 45.0 Å². The van der Waals surface area contributed by atoms with E-state index in [2.05, 4.69) is 5.32 Å². The zero-order valence-corrected chi connectivity index (χ0v) is 29.3. The van der Waals surface area contributed by atoms with Crippen LogP contribution in [0, 0.1) is 0 Å². The Morgan fingerprint density at radius 3 is 1.10 bits per heavy atom. The Hall–Kier alpha value is -2.31. The number of benzene rings is 1. The zero-order chi connectivity index (χ0) is 34.8. The second-order valence-electron chi connectivity index (χ2n) is 11.0.